The van der Waals surface area contributed by atoms with Crippen LogP contribution in [0.25, 0.3) is 0 Å². The molecule has 0 bridgehead atoms. The van der Waals surface area contributed by atoms with Gasteiger partial charge in [0.2, 0.25) is 5.91 Å². The Bertz CT molecular complexity index is 997. The molecule has 0 aliphatic heterocycles. The number of anilines is 2. The number of amides is 2. The van der Waals surface area contributed by atoms with Gasteiger partial charge in [-0.25, -0.2) is 0 Å². The molecule has 3 N–H and O–H groups in total. The Morgan fingerprint density at radius 3 is 2.33 bits per heavy atom. The maximum absolute atomic E-state index is 13.0. The van der Waals surface area contributed by atoms with Gasteiger partial charge in [0.1, 0.15) is 5.00 Å². The van der Waals surface area contributed by atoms with Gasteiger partial charge in [-0.05, 0) is 56.0 Å². The van der Waals surface area contributed by atoms with Crippen molar-refractivity contribution >= 4 is 51.4 Å². The van der Waals surface area contributed by atoms with Crippen molar-refractivity contribution < 1.29 is 19.5 Å². The van der Waals surface area contributed by atoms with Crippen LogP contribution in [0.1, 0.15) is 40.6 Å². The fourth-order valence-corrected chi connectivity index (χ4v) is 4.91. The molecule has 1 aromatic heterocycles. The minimum absolute atomic E-state index is 0.320. The number of benzene rings is 1. The van der Waals surface area contributed by atoms with Crippen molar-refractivity contribution in [1.82, 2.24) is 0 Å². The predicted molar refractivity (Wildman–Crippen MR) is 119 cm³/mol. The lowest BCUT2D eigenvalue weighted by atomic mass is 9.82. The second-order valence-corrected chi connectivity index (χ2v) is 8.80. The minimum Gasteiger partial charge on any atom is -0.481 e. The number of aryl methyl sites for hydroxylation is 1. The summed E-state index contributed by atoms with van der Waals surface area (Å²) in [6.07, 6.45) is 4.93. The van der Waals surface area contributed by atoms with Crippen molar-refractivity contribution in [3.05, 3.63) is 57.4 Å². The van der Waals surface area contributed by atoms with Gasteiger partial charge in [-0.3, -0.25) is 14.4 Å². The number of hydrogen-bond donors (Lipinski definition) is 3. The first-order valence-electron chi connectivity index (χ1n) is 9.69. The standard InChI is InChI=1S/C22H23ClN2O4S/c1-3-15-12(2)30-21(18(15)20(27)24-14-10-8-13(23)9-11-14)25-19(26)16-6-4-5-7-17(16)22(28)29/h4-5,8-11,16-17H,3,6-7H2,1-2H3,(H,24,27)(H,25,26)(H,28,29)/t16-,17-/m1/s1. The van der Waals surface area contributed by atoms with E-state index in [-0.39, 0.29) is 11.8 Å². The van der Waals surface area contributed by atoms with Gasteiger partial charge in [0.15, 0.2) is 0 Å². The van der Waals surface area contributed by atoms with E-state index < -0.39 is 17.8 Å². The molecule has 1 aliphatic rings. The monoisotopic (exact) mass is 446 g/mol. The number of thiophene rings is 1. The summed E-state index contributed by atoms with van der Waals surface area (Å²) in [5, 5.41) is 16.1. The van der Waals surface area contributed by atoms with Crippen LogP contribution in [-0.2, 0) is 16.0 Å². The van der Waals surface area contributed by atoms with Crippen molar-refractivity contribution in [2.45, 2.75) is 33.1 Å². The highest BCUT2D eigenvalue weighted by Crippen LogP contribution is 2.36. The lowest BCUT2D eigenvalue weighted by Gasteiger charge is -2.24. The molecule has 3 rings (SSSR count). The molecular formula is C22H23ClN2O4S. The molecule has 1 heterocycles. The van der Waals surface area contributed by atoms with Gasteiger partial charge in [0.25, 0.3) is 5.91 Å². The smallest absolute Gasteiger partial charge is 0.307 e. The second-order valence-electron chi connectivity index (χ2n) is 7.14. The third-order valence-corrected chi connectivity index (χ3v) is 6.53. The fourth-order valence-electron chi connectivity index (χ4n) is 3.64. The SMILES string of the molecule is CCc1c(C)sc(NC(=O)[C@@H]2CC=CC[C@H]2C(=O)O)c1C(=O)Nc1ccc(Cl)cc1. The molecule has 0 saturated heterocycles. The highest BCUT2D eigenvalue weighted by Gasteiger charge is 2.35. The number of carbonyl (C=O) groups excluding carboxylic acids is 2. The third-order valence-electron chi connectivity index (χ3n) is 5.21. The second kappa shape index (κ2) is 9.45. The van der Waals surface area contributed by atoms with E-state index in [4.69, 9.17) is 11.6 Å². The Kier molecular flexibility index (Phi) is 6.95. The molecule has 2 atom stereocenters. The Balaban J connectivity index is 1.87. The van der Waals surface area contributed by atoms with Gasteiger partial charge in [-0.1, -0.05) is 30.7 Å². The number of rotatable bonds is 6. The Labute approximate surface area is 183 Å². The molecule has 30 heavy (non-hydrogen) atoms. The lowest BCUT2D eigenvalue weighted by molar-refractivity contribution is -0.146. The first-order valence-corrected chi connectivity index (χ1v) is 10.9. The van der Waals surface area contributed by atoms with E-state index in [2.05, 4.69) is 10.6 Å². The predicted octanol–water partition coefficient (Wildman–Crippen LogP) is 5.13. The molecule has 0 spiro atoms. The summed E-state index contributed by atoms with van der Waals surface area (Å²) in [5.41, 5.74) is 1.87. The van der Waals surface area contributed by atoms with Gasteiger partial charge in [0.05, 0.1) is 17.4 Å². The van der Waals surface area contributed by atoms with Crippen molar-refractivity contribution in [1.29, 1.82) is 0 Å². The number of nitrogens with one attached hydrogen (secondary N) is 2. The van der Waals surface area contributed by atoms with Gasteiger partial charge < -0.3 is 15.7 Å². The Hall–Kier alpha value is -2.64. The fraction of sp³-hybridized carbons (Fsp3) is 0.318. The lowest BCUT2D eigenvalue weighted by Crippen LogP contribution is -2.35. The average molecular weight is 447 g/mol. The molecule has 0 saturated carbocycles. The summed E-state index contributed by atoms with van der Waals surface area (Å²) in [5.74, 6) is -3.14. The topological polar surface area (TPSA) is 95.5 Å². The molecule has 8 heteroatoms. The quantitative estimate of drug-likeness (QED) is 0.536. The van der Waals surface area contributed by atoms with Crippen LogP contribution in [0.2, 0.25) is 5.02 Å². The summed E-state index contributed by atoms with van der Waals surface area (Å²) in [6, 6.07) is 6.77. The molecule has 1 aliphatic carbocycles. The van der Waals surface area contributed by atoms with Crippen molar-refractivity contribution in [3.63, 3.8) is 0 Å². The van der Waals surface area contributed by atoms with Crippen LogP contribution in [0.4, 0.5) is 10.7 Å². The van der Waals surface area contributed by atoms with Crippen molar-refractivity contribution in [3.8, 4) is 0 Å². The van der Waals surface area contributed by atoms with Crippen molar-refractivity contribution in [2.24, 2.45) is 11.8 Å². The van der Waals surface area contributed by atoms with Crippen LogP contribution in [0.3, 0.4) is 0 Å². The van der Waals surface area contributed by atoms with Crippen molar-refractivity contribution in [2.75, 3.05) is 10.6 Å². The number of carboxylic acid groups (broad SMARTS) is 1. The van der Waals surface area contributed by atoms with Crippen LogP contribution in [0.15, 0.2) is 36.4 Å². The zero-order chi connectivity index (χ0) is 21.8. The molecule has 2 amide bonds. The normalized spacial score (nSPS) is 18.1. The number of carboxylic acids is 1. The number of hydrogen-bond acceptors (Lipinski definition) is 4. The molecule has 158 valence electrons. The molecule has 6 nitrogen and oxygen atoms in total. The molecule has 0 fully saturated rings. The van der Waals surface area contributed by atoms with Crippen LogP contribution in [-0.4, -0.2) is 22.9 Å². The first-order chi connectivity index (χ1) is 14.3. The minimum atomic E-state index is -0.989. The zero-order valence-electron chi connectivity index (χ0n) is 16.7. The number of halogens is 1. The van der Waals surface area contributed by atoms with Crippen LogP contribution in [0.5, 0.6) is 0 Å². The third kappa shape index (κ3) is 4.74. The van der Waals surface area contributed by atoms with Crippen LogP contribution in [0, 0.1) is 18.8 Å². The summed E-state index contributed by atoms with van der Waals surface area (Å²) >= 11 is 7.23. The Morgan fingerprint density at radius 2 is 1.73 bits per heavy atom. The number of carbonyl (C=O) groups is 3. The maximum Gasteiger partial charge on any atom is 0.307 e. The Morgan fingerprint density at radius 1 is 1.10 bits per heavy atom. The molecule has 0 radical (unpaired) electrons. The van der Waals surface area contributed by atoms with Gasteiger partial charge in [-0.15, -0.1) is 11.3 Å². The van der Waals surface area contributed by atoms with Crippen LogP contribution < -0.4 is 10.6 Å². The number of allylic oxidation sites excluding steroid dienone is 2. The first kappa shape index (κ1) is 22.1. The van der Waals surface area contributed by atoms with E-state index in [0.717, 1.165) is 10.4 Å². The van der Waals surface area contributed by atoms with Gasteiger partial charge >= 0.3 is 5.97 Å². The molecular weight excluding hydrogens is 424 g/mol. The summed E-state index contributed by atoms with van der Waals surface area (Å²) < 4.78 is 0. The van der Waals surface area contributed by atoms with E-state index in [1.807, 2.05) is 19.9 Å². The van der Waals surface area contributed by atoms with Gasteiger partial charge in [-0.2, -0.15) is 0 Å². The van der Waals surface area contributed by atoms with Crippen LogP contribution >= 0.6 is 22.9 Å². The molecule has 0 unspecified atom stereocenters. The van der Waals surface area contributed by atoms with E-state index in [0.29, 0.717) is 40.5 Å². The highest BCUT2D eigenvalue weighted by atomic mass is 35.5. The van der Waals surface area contributed by atoms with E-state index in [1.54, 1.807) is 30.3 Å². The highest BCUT2D eigenvalue weighted by molar-refractivity contribution is 7.16. The average Bonchev–Trinajstić information content (AvgIpc) is 3.04. The summed E-state index contributed by atoms with van der Waals surface area (Å²) in [4.78, 5) is 38.4. The zero-order valence-corrected chi connectivity index (χ0v) is 18.3. The number of aliphatic carboxylic acids is 1. The summed E-state index contributed by atoms with van der Waals surface area (Å²) in [7, 11) is 0. The van der Waals surface area contributed by atoms with E-state index >= 15 is 0 Å². The largest absolute Gasteiger partial charge is 0.481 e. The van der Waals surface area contributed by atoms with E-state index in [1.165, 1.54) is 11.3 Å². The summed E-state index contributed by atoms with van der Waals surface area (Å²) in [6.45, 7) is 3.85. The molecule has 2 aromatic rings. The van der Waals surface area contributed by atoms with Gasteiger partial charge in [0, 0.05) is 15.6 Å². The van der Waals surface area contributed by atoms with E-state index in [9.17, 15) is 19.5 Å². The molecule has 1 aromatic carbocycles. The maximum atomic E-state index is 13.0.